The topological polar surface area (TPSA) is 32.9 Å². The Bertz CT molecular complexity index is 1020. The fraction of sp³-hybridized carbons (Fsp3) is 0.160. The Morgan fingerprint density at radius 1 is 0.815 bits per heavy atom. The van der Waals surface area contributed by atoms with Crippen LogP contribution in [0.4, 0.5) is 0 Å². The summed E-state index contributed by atoms with van der Waals surface area (Å²) in [6, 6.07) is 28.7. The van der Waals surface area contributed by atoms with E-state index in [0.29, 0.717) is 0 Å². The lowest BCUT2D eigenvalue weighted by Gasteiger charge is -2.16. The minimum atomic E-state index is -0.117. The van der Waals surface area contributed by atoms with E-state index in [9.17, 15) is 4.79 Å². The van der Waals surface area contributed by atoms with E-state index in [4.69, 9.17) is 0 Å². The number of aryl methyl sites for hydroxylation is 1. The average Bonchev–Trinajstić information content (AvgIpc) is 3.16. The molecule has 1 N–H and O–H groups in total. The molecule has 2 heteroatoms. The van der Waals surface area contributed by atoms with Gasteiger partial charge in [-0.25, -0.2) is 0 Å². The second kappa shape index (κ2) is 8.05. The molecule has 0 saturated heterocycles. The number of Topliss-reactive ketones (excluding diaryl/α,β-unsaturated/α-hetero) is 1. The fourth-order valence-corrected chi connectivity index (χ4v) is 3.75. The van der Waals surface area contributed by atoms with Gasteiger partial charge < -0.3 is 4.98 Å². The highest BCUT2D eigenvalue weighted by molar-refractivity contribution is 6.10. The van der Waals surface area contributed by atoms with Crippen LogP contribution in [0, 0.1) is 0 Å². The molecule has 0 aliphatic carbocycles. The van der Waals surface area contributed by atoms with Gasteiger partial charge in [-0.15, -0.1) is 0 Å². The number of para-hydroxylation sites is 1. The van der Waals surface area contributed by atoms with E-state index < -0.39 is 0 Å². The van der Waals surface area contributed by atoms with E-state index in [1.54, 1.807) is 0 Å². The van der Waals surface area contributed by atoms with Gasteiger partial charge in [-0.3, -0.25) is 4.79 Å². The number of carbonyl (C=O) groups excluding carboxylic acids is 1. The third-order valence-corrected chi connectivity index (χ3v) is 5.17. The number of hydrogen-bond acceptors (Lipinski definition) is 1. The zero-order valence-corrected chi connectivity index (χ0v) is 15.3. The van der Waals surface area contributed by atoms with Gasteiger partial charge in [0.25, 0.3) is 0 Å². The number of ketones is 1. The Labute approximate surface area is 159 Å². The lowest BCUT2D eigenvalue weighted by molar-refractivity contribution is 0.0956. The van der Waals surface area contributed by atoms with Crippen LogP contribution in [0.3, 0.4) is 0 Å². The zero-order valence-electron chi connectivity index (χ0n) is 15.3. The van der Waals surface area contributed by atoms with Crippen LogP contribution < -0.4 is 0 Å². The number of carbonyl (C=O) groups is 1. The third kappa shape index (κ3) is 3.85. The molecule has 1 aromatic heterocycles. The monoisotopic (exact) mass is 353 g/mol. The number of H-pyrrole nitrogens is 1. The van der Waals surface area contributed by atoms with E-state index in [1.807, 2.05) is 54.7 Å². The van der Waals surface area contributed by atoms with Crippen molar-refractivity contribution < 1.29 is 4.79 Å². The molecule has 4 rings (SSSR count). The van der Waals surface area contributed by atoms with Gasteiger partial charge in [0.1, 0.15) is 0 Å². The standard InChI is InChI=1S/C25H23NO/c27-25(23-18-26-24-17-8-7-15-22(23)24)21(20-13-5-2-6-14-20)16-9-12-19-10-3-1-4-11-19/h1-8,10-11,13-15,17-18,21,26H,9,12,16H2. The van der Waals surface area contributed by atoms with Crippen molar-refractivity contribution >= 4 is 16.7 Å². The van der Waals surface area contributed by atoms with Crippen LogP contribution in [0.25, 0.3) is 10.9 Å². The van der Waals surface area contributed by atoms with Crippen molar-refractivity contribution in [1.82, 2.24) is 4.98 Å². The smallest absolute Gasteiger partial charge is 0.172 e. The number of aromatic nitrogens is 1. The van der Waals surface area contributed by atoms with Crippen LogP contribution in [-0.2, 0) is 6.42 Å². The molecule has 0 aliphatic heterocycles. The molecule has 2 nitrogen and oxygen atoms in total. The SMILES string of the molecule is O=C(c1c[nH]c2ccccc12)C(CCCc1ccccc1)c1ccccc1. The Balaban J connectivity index is 1.59. The first-order valence-electron chi connectivity index (χ1n) is 9.52. The highest BCUT2D eigenvalue weighted by Crippen LogP contribution is 2.29. The van der Waals surface area contributed by atoms with Crippen LogP contribution >= 0.6 is 0 Å². The summed E-state index contributed by atoms with van der Waals surface area (Å²) in [5.74, 6) is 0.0841. The first kappa shape index (κ1) is 17.3. The van der Waals surface area contributed by atoms with Crippen LogP contribution in [0.5, 0.6) is 0 Å². The van der Waals surface area contributed by atoms with Gasteiger partial charge in [0.15, 0.2) is 5.78 Å². The maximum Gasteiger partial charge on any atom is 0.172 e. The maximum absolute atomic E-state index is 13.4. The van der Waals surface area contributed by atoms with E-state index in [2.05, 4.69) is 41.4 Å². The minimum absolute atomic E-state index is 0.117. The van der Waals surface area contributed by atoms with Gasteiger partial charge in [0.2, 0.25) is 0 Å². The zero-order chi connectivity index (χ0) is 18.5. The molecule has 0 fully saturated rings. The molecule has 0 spiro atoms. The molecule has 0 saturated carbocycles. The third-order valence-electron chi connectivity index (χ3n) is 5.17. The molecule has 4 aromatic rings. The summed E-state index contributed by atoms with van der Waals surface area (Å²) in [4.78, 5) is 16.7. The van der Waals surface area contributed by atoms with Crippen molar-refractivity contribution in [3.63, 3.8) is 0 Å². The van der Waals surface area contributed by atoms with Gasteiger partial charge in [0, 0.05) is 28.6 Å². The molecule has 1 atom stereocenters. The first-order valence-corrected chi connectivity index (χ1v) is 9.52. The van der Waals surface area contributed by atoms with Crippen LogP contribution in [-0.4, -0.2) is 10.8 Å². The highest BCUT2D eigenvalue weighted by atomic mass is 16.1. The van der Waals surface area contributed by atoms with E-state index in [-0.39, 0.29) is 11.7 Å². The highest BCUT2D eigenvalue weighted by Gasteiger charge is 2.23. The first-order chi connectivity index (χ1) is 13.3. The van der Waals surface area contributed by atoms with Crippen molar-refractivity contribution in [2.24, 2.45) is 0 Å². The molecular formula is C25H23NO. The van der Waals surface area contributed by atoms with E-state index in [1.165, 1.54) is 5.56 Å². The number of rotatable bonds is 7. The molecule has 0 radical (unpaired) electrons. The molecule has 3 aromatic carbocycles. The summed E-state index contributed by atoms with van der Waals surface area (Å²) in [5, 5.41) is 1.01. The number of nitrogens with one attached hydrogen (secondary N) is 1. The molecule has 1 heterocycles. The number of aromatic amines is 1. The van der Waals surface area contributed by atoms with Crippen molar-refractivity contribution in [3.8, 4) is 0 Å². The molecule has 0 amide bonds. The Kier molecular flexibility index (Phi) is 5.15. The normalized spacial score (nSPS) is 12.1. The summed E-state index contributed by atoms with van der Waals surface area (Å²) in [6.45, 7) is 0. The average molecular weight is 353 g/mol. The second-order valence-electron chi connectivity index (χ2n) is 6.95. The van der Waals surface area contributed by atoms with E-state index >= 15 is 0 Å². The summed E-state index contributed by atoms with van der Waals surface area (Å²) >= 11 is 0. The second-order valence-corrected chi connectivity index (χ2v) is 6.95. The summed E-state index contributed by atoms with van der Waals surface area (Å²) in [6.07, 6.45) is 4.68. The lowest BCUT2D eigenvalue weighted by Crippen LogP contribution is -2.13. The quantitative estimate of drug-likeness (QED) is 0.397. The van der Waals surface area contributed by atoms with Crippen LogP contribution in [0.1, 0.15) is 40.2 Å². The number of hydrogen-bond donors (Lipinski definition) is 1. The van der Waals surface area contributed by atoms with Gasteiger partial charge in [-0.1, -0.05) is 78.9 Å². The Morgan fingerprint density at radius 2 is 1.48 bits per heavy atom. The molecule has 134 valence electrons. The van der Waals surface area contributed by atoms with Crippen molar-refractivity contribution in [3.05, 3.63) is 108 Å². The van der Waals surface area contributed by atoms with Crippen molar-refractivity contribution in [2.75, 3.05) is 0 Å². The predicted octanol–water partition coefficient (Wildman–Crippen LogP) is 6.16. The van der Waals surface area contributed by atoms with Gasteiger partial charge >= 0.3 is 0 Å². The maximum atomic E-state index is 13.4. The van der Waals surface area contributed by atoms with Crippen LogP contribution in [0.2, 0.25) is 0 Å². The number of fused-ring (bicyclic) bond motifs is 1. The summed E-state index contributed by atoms with van der Waals surface area (Å²) in [5.41, 5.74) is 4.22. The fourth-order valence-electron chi connectivity index (χ4n) is 3.75. The van der Waals surface area contributed by atoms with E-state index in [0.717, 1.165) is 41.3 Å². The molecular weight excluding hydrogens is 330 g/mol. The van der Waals surface area contributed by atoms with Crippen molar-refractivity contribution in [2.45, 2.75) is 25.2 Å². The molecule has 27 heavy (non-hydrogen) atoms. The largest absolute Gasteiger partial charge is 0.360 e. The molecule has 0 aliphatic rings. The lowest BCUT2D eigenvalue weighted by atomic mass is 9.86. The summed E-state index contributed by atoms with van der Waals surface area (Å²) < 4.78 is 0. The summed E-state index contributed by atoms with van der Waals surface area (Å²) in [7, 11) is 0. The molecule has 0 bridgehead atoms. The Hall–Kier alpha value is -3.13. The minimum Gasteiger partial charge on any atom is -0.360 e. The predicted molar refractivity (Wildman–Crippen MR) is 111 cm³/mol. The molecule has 1 unspecified atom stereocenters. The Morgan fingerprint density at radius 3 is 2.26 bits per heavy atom. The van der Waals surface area contributed by atoms with Crippen molar-refractivity contribution in [1.29, 1.82) is 0 Å². The van der Waals surface area contributed by atoms with Gasteiger partial charge in [-0.2, -0.15) is 0 Å². The van der Waals surface area contributed by atoms with Crippen LogP contribution in [0.15, 0.2) is 91.1 Å². The van der Waals surface area contributed by atoms with Gasteiger partial charge in [0.05, 0.1) is 0 Å². The van der Waals surface area contributed by atoms with Gasteiger partial charge in [-0.05, 0) is 36.5 Å². The number of benzene rings is 3.